The van der Waals surface area contributed by atoms with Crippen LogP contribution in [0.2, 0.25) is 0 Å². The number of aromatic nitrogens is 3. The molecule has 0 amide bonds. The summed E-state index contributed by atoms with van der Waals surface area (Å²) in [6, 6.07) is 7.93. The van der Waals surface area contributed by atoms with Crippen molar-refractivity contribution in [2.24, 2.45) is 0 Å². The summed E-state index contributed by atoms with van der Waals surface area (Å²) in [6.45, 7) is 5.00. The molecule has 8 heteroatoms. The second kappa shape index (κ2) is 7.22. The van der Waals surface area contributed by atoms with Gasteiger partial charge in [-0.2, -0.15) is 4.52 Å². The van der Waals surface area contributed by atoms with Crippen LogP contribution in [0.3, 0.4) is 0 Å². The van der Waals surface area contributed by atoms with E-state index in [1.165, 1.54) is 11.3 Å². The smallest absolute Gasteiger partial charge is 0.230 e. The van der Waals surface area contributed by atoms with Gasteiger partial charge in [-0.3, -0.25) is 4.90 Å². The number of ether oxygens (including phenoxy) is 2. The Hall–Kier alpha value is -2.16. The minimum Gasteiger partial charge on any atom is -0.497 e. The maximum absolute atomic E-state index is 10.8. The third-order valence-corrected chi connectivity index (χ3v) is 5.72. The summed E-state index contributed by atoms with van der Waals surface area (Å²) in [5, 5.41) is 15.3. The maximum atomic E-state index is 10.8. The molecular weight excluding hydrogens is 352 g/mol. The van der Waals surface area contributed by atoms with E-state index >= 15 is 0 Å². The van der Waals surface area contributed by atoms with E-state index < -0.39 is 0 Å². The molecule has 4 rings (SSSR count). The van der Waals surface area contributed by atoms with Crippen LogP contribution >= 0.6 is 11.3 Å². The predicted molar refractivity (Wildman–Crippen MR) is 99.1 cm³/mol. The van der Waals surface area contributed by atoms with Crippen molar-refractivity contribution in [2.45, 2.75) is 19.4 Å². The third-order valence-electron chi connectivity index (χ3n) is 4.65. The van der Waals surface area contributed by atoms with Crippen LogP contribution in [0.25, 0.3) is 4.96 Å². The molecule has 1 aliphatic heterocycles. The molecule has 1 unspecified atom stereocenters. The van der Waals surface area contributed by atoms with Crippen molar-refractivity contribution in [1.82, 2.24) is 19.5 Å². The van der Waals surface area contributed by atoms with E-state index in [-0.39, 0.29) is 11.9 Å². The van der Waals surface area contributed by atoms with E-state index in [9.17, 15) is 5.11 Å². The van der Waals surface area contributed by atoms with E-state index in [1.54, 1.807) is 11.6 Å². The van der Waals surface area contributed by atoms with Crippen LogP contribution in [-0.4, -0.2) is 58.0 Å². The fourth-order valence-electron chi connectivity index (χ4n) is 3.27. The first-order valence-corrected chi connectivity index (χ1v) is 9.56. The van der Waals surface area contributed by atoms with Gasteiger partial charge < -0.3 is 14.6 Å². The Balaban J connectivity index is 1.78. The monoisotopic (exact) mass is 374 g/mol. The minimum atomic E-state index is -0.0663. The molecule has 1 saturated heterocycles. The average molecular weight is 374 g/mol. The molecule has 0 aliphatic carbocycles. The SMILES string of the molecule is CCc1nc2sc(C(c3ccc(OC)cc3)N3CCOCC3)c(O)n2n1. The van der Waals surface area contributed by atoms with Gasteiger partial charge in [0.15, 0.2) is 5.82 Å². The van der Waals surface area contributed by atoms with Crippen molar-refractivity contribution < 1.29 is 14.6 Å². The van der Waals surface area contributed by atoms with Gasteiger partial charge >= 0.3 is 0 Å². The second-order valence-electron chi connectivity index (χ2n) is 6.19. The Morgan fingerprint density at radius 3 is 2.62 bits per heavy atom. The summed E-state index contributed by atoms with van der Waals surface area (Å²) in [7, 11) is 1.66. The number of methoxy groups -OCH3 is 1. The number of rotatable bonds is 5. The van der Waals surface area contributed by atoms with Crippen LogP contribution in [0.5, 0.6) is 11.6 Å². The van der Waals surface area contributed by atoms with Crippen LogP contribution in [0, 0.1) is 0 Å². The Labute approximate surface area is 155 Å². The van der Waals surface area contributed by atoms with Crippen LogP contribution in [0.4, 0.5) is 0 Å². The number of aryl methyl sites for hydroxylation is 1. The number of morpholine rings is 1. The highest BCUT2D eigenvalue weighted by Crippen LogP contribution is 2.40. The quantitative estimate of drug-likeness (QED) is 0.740. The van der Waals surface area contributed by atoms with Crippen molar-refractivity contribution in [3.05, 3.63) is 40.5 Å². The number of thiazole rings is 1. The van der Waals surface area contributed by atoms with Gasteiger partial charge in [0.1, 0.15) is 5.75 Å². The molecule has 3 aromatic rings. The summed E-state index contributed by atoms with van der Waals surface area (Å²) in [6.07, 6.45) is 0.745. The summed E-state index contributed by atoms with van der Waals surface area (Å²) in [5.41, 5.74) is 1.10. The molecule has 0 bridgehead atoms. The highest BCUT2D eigenvalue weighted by atomic mass is 32.1. The molecule has 1 N–H and O–H groups in total. The molecule has 1 aliphatic rings. The molecule has 1 aromatic carbocycles. The van der Waals surface area contributed by atoms with Crippen molar-refractivity contribution in [1.29, 1.82) is 0 Å². The van der Waals surface area contributed by atoms with Crippen LogP contribution in [0.15, 0.2) is 24.3 Å². The zero-order valence-corrected chi connectivity index (χ0v) is 15.7. The largest absolute Gasteiger partial charge is 0.497 e. The zero-order chi connectivity index (χ0) is 18.1. The minimum absolute atomic E-state index is 0.0663. The van der Waals surface area contributed by atoms with Gasteiger partial charge in [0.05, 0.1) is 31.2 Å². The lowest BCUT2D eigenvalue weighted by molar-refractivity contribution is 0.0241. The normalized spacial score (nSPS) is 16.8. The molecule has 0 saturated carbocycles. The zero-order valence-electron chi connectivity index (χ0n) is 14.9. The topological polar surface area (TPSA) is 72.1 Å². The lowest BCUT2D eigenvalue weighted by atomic mass is 10.0. The van der Waals surface area contributed by atoms with Gasteiger partial charge in [0.25, 0.3) is 0 Å². The fraction of sp³-hybridized carbons (Fsp3) is 0.444. The van der Waals surface area contributed by atoms with Crippen LogP contribution < -0.4 is 4.74 Å². The Morgan fingerprint density at radius 2 is 2.00 bits per heavy atom. The number of nitrogens with zero attached hydrogens (tertiary/aromatic N) is 4. The number of benzene rings is 1. The molecule has 2 aromatic heterocycles. The maximum Gasteiger partial charge on any atom is 0.230 e. The van der Waals surface area contributed by atoms with Gasteiger partial charge in [0.2, 0.25) is 10.8 Å². The molecule has 1 fully saturated rings. The molecular formula is C18H22N4O3S. The number of fused-ring (bicyclic) bond motifs is 1. The van der Waals surface area contributed by atoms with Gasteiger partial charge in [-0.05, 0) is 17.7 Å². The first-order valence-electron chi connectivity index (χ1n) is 8.74. The van der Waals surface area contributed by atoms with Crippen molar-refractivity contribution in [3.63, 3.8) is 0 Å². The highest BCUT2D eigenvalue weighted by molar-refractivity contribution is 7.17. The van der Waals surface area contributed by atoms with Crippen LogP contribution in [-0.2, 0) is 11.2 Å². The van der Waals surface area contributed by atoms with Crippen molar-refractivity contribution in [3.8, 4) is 11.6 Å². The van der Waals surface area contributed by atoms with Gasteiger partial charge in [-0.25, -0.2) is 4.98 Å². The summed E-state index contributed by atoms with van der Waals surface area (Å²) >= 11 is 1.49. The molecule has 7 nitrogen and oxygen atoms in total. The lowest BCUT2D eigenvalue weighted by Gasteiger charge is -2.34. The van der Waals surface area contributed by atoms with E-state index in [2.05, 4.69) is 15.0 Å². The Kier molecular flexibility index (Phi) is 4.80. The molecule has 0 radical (unpaired) electrons. The summed E-state index contributed by atoms with van der Waals surface area (Å²) in [4.78, 5) is 8.42. The first kappa shape index (κ1) is 17.3. The number of hydrogen-bond acceptors (Lipinski definition) is 7. The molecule has 138 valence electrons. The first-order chi connectivity index (χ1) is 12.7. The lowest BCUT2D eigenvalue weighted by Crippen LogP contribution is -2.39. The molecule has 3 heterocycles. The Morgan fingerprint density at radius 1 is 1.27 bits per heavy atom. The van der Waals surface area contributed by atoms with E-state index in [1.807, 2.05) is 31.2 Å². The summed E-state index contributed by atoms with van der Waals surface area (Å²) in [5.74, 6) is 1.73. The van der Waals surface area contributed by atoms with Gasteiger partial charge in [-0.15, -0.1) is 5.10 Å². The van der Waals surface area contributed by atoms with E-state index in [0.29, 0.717) is 13.2 Å². The van der Waals surface area contributed by atoms with E-state index in [0.717, 1.165) is 46.5 Å². The standard InChI is InChI=1S/C18H22N4O3S/c1-3-14-19-18-22(20-14)17(23)16(26-18)15(21-8-10-25-11-9-21)12-4-6-13(24-2)7-5-12/h4-7,15,23H,3,8-11H2,1-2H3. The van der Waals surface area contributed by atoms with Crippen molar-refractivity contribution >= 4 is 16.3 Å². The number of hydrogen-bond donors (Lipinski definition) is 1. The van der Waals surface area contributed by atoms with Gasteiger partial charge in [0, 0.05) is 19.5 Å². The van der Waals surface area contributed by atoms with E-state index in [4.69, 9.17) is 9.47 Å². The number of aromatic hydroxyl groups is 1. The van der Waals surface area contributed by atoms with Crippen molar-refractivity contribution in [2.75, 3.05) is 33.4 Å². The van der Waals surface area contributed by atoms with Gasteiger partial charge in [-0.1, -0.05) is 30.4 Å². The molecule has 0 spiro atoms. The average Bonchev–Trinajstić information content (AvgIpc) is 3.23. The highest BCUT2D eigenvalue weighted by Gasteiger charge is 2.30. The molecule has 26 heavy (non-hydrogen) atoms. The van der Waals surface area contributed by atoms with Crippen LogP contribution in [0.1, 0.15) is 29.2 Å². The predicted octanol–water partition coefficient (Wildman–Crippen LogP) is 2.49. The fourth-order valence-corrected chi connectivity index (χ4v) is 4.40. The second-order valence-corrected chi connectivity index (χ2v) is 7.20. The summed E-state index contributed by atoms with van der Waals surface area (Å²) < 4.78 is 12.3. The molecule has 1 atom stereocenters. The third kappa shape index (κ3) is 3.04. The Bertz CT molecular complexity index is 884.